The van der Waals surface area contributed by atoms with Gasteiger partial charge in [-0.3, -0.25) is 14.3 Å². The summed E-state index contributed by atoms with van der Waals surface area (Å²) < 4.78 is 68.1. The monoisotopic (exact) mass is 443 g/mol. The van der Waals surface area contributed by atoms with Gasteiger partial charge in [-0.1, -0.05) is 0 Å². The lowest BCUT2D eigenvalue weighted by atomic mass is 10.1. The van der Waals surface area contributed by atoms with Crippen molar-refractivity contribution in [2.75, 3.05) is 36.7 Å². The smallest absolute Gasteiger partial charge is 0.409 e. The topological polar surface area (TPSA) is 72.7 Å². The molecule has 0 radical (unpaired) electrons. The number of rotatable bonds is 3. The number of anilines is 3. The molecule has 0 saturated carbocycles. The number of fused-ring (bicyclic) bond motifs is 1. The van der Waals surface area contributed by atoms with Gasteiger partial charge < -0.3 is 14.4 Å². The molecule has 4 rings (SSSR count). The molecule has 0 unspecified atom stereocenters. The van der Waals surface area contributed by atoms with Crippen molar-refractivity contribution in [2.24, 2.45) is 0 Å². The molecule has 168 valence electrons. The van der Waals surface area contributed by atoms with E-state index in [1.54, 1.807) is 11.8 Å². The second kappa shape index (κ2) is 7.98. The number of alkyl halides is 3. The normalized spacial score (nSPS) is 21.7. The molecule has 0 spiro atoms. The predicted molar refractivity (Wildman–Crippen MR) is 103 cm³/mol. The van der Waals surface area contributed by atoms with Gasteiger partial charge >= 0.3 is 6.18 Å². The zero-order valence-corrected chi connectivity index (χ0v) is 16.9. The molecule has 8 nitrogen and oxygen atoms in total. The summed E-state index contributed by atoms with van der Waals surface area (Å²) in [6.45, 7) is 2.30. The number of halogens is 4. The lowest BCUT2D eigenvalue weighted by Crippen LogP contribution is -2.51. The highest BCUT2D eigenvalue weighted by molar-refractivity contribution is 5.62. The highest BCUT2D eigenvalue weighted by Gasteiger charge is 2.48. The molecule has 0 aliphatic carbocycles. The van der Waals surface area contributed by atoms with E-state index in [2.05, 4.69) is 9.97 Å². The van der Waals surface area contributed by atoms with E-state index < -0.39 is 30.0 Å². The maximum Gasteiger partial charge on any atom is 0.409 e. The highest BCUT2D eigenvalue weighted by Crippen LogP contribution is 2.40. The van der Waals surface area contributed by atoms with Crippen LogP contribution in [0.2, 0.25) is 0 Å². The fourth-order valence-electron chi connectivity index (χ4n) is 3.91. The average molecular weight is 443 g/mol. The van der Waals surface area contributed by atoms with Gasteiger partial charge in [-0.2, -0.15) is 22.5 Å². The number of pyridine rings is 1. The van der Waals surface area contributed by atoms with Crippen LogP contribution in [0.25, 0.3) is 0 Å². The summed E-state index contributed by atoms with van der Waals surface area (Å²) in [5.74, 6) is -1.54. The molecular weight excluding hydrogens is 422 g/mol. The minimum absolute atomic E-state index is 0.0853. The Balaban J connectivity index is 1.92. The Labute approximate surface area is 175 Å². The molecule has 2 atom stereocenters. The van der Waals surface area contributed by atoms with Crippen molar-refractivity contribution in [2.45, 2.75) is 38.1 Å². The Morgan fingerprint density at radius 3 is 2.74 bits per heavy atom. The van der Waals surface area contributed by atoms with Crippen molar-refractivity contribution in [1.82, 2.24) is 14.5 Å². The Morgan fingerprint density at radius 1 is 1.29 bits per heavy atom. The third kappa shape index (κ3) is 3.80. The molecule has 1 saturated heterocycles. The van der Waals surface area contributed by atoms with Crippen LogP contribution in [-0.4, -0.2) is 59.7 Å². The zero-order chi connectivity index (χ0) is 22.3. The number of ether oxygens (including phenoxy) is 2. The van der Waals surface area contributed by atoms with Crippen LogP contribution in [0.1, 0.15) is 13.3 Å². The molecule has 2 aliphatic rings. The molecule has 0 bridgehead atoms. The lowest BCUT2D eigenvalue weighted by molar-refractivity contribution is -0.150. The Morgan fingerprint density at radius 2 is 2.06 bits per heavy atom. The summed E-state index contributed by atoms with van der Waals surface area (Å²) in [7, 11) is 1.34. The molecule has 4 heterocycles. The summed E-state index contributed by atoms with van der Waals surface area (Å²) >= 11 is 0. The van der Waals surface area contributed by atoms with Crippen LogP contribution >= 0.6 is 0 Å². The molecule has 1 fully saturated rings. The minimum Gasteiger partial charge on any atom is -0.481 e. The van der Waals surface area contributed by atoms with Crippen LogP contribution < -0.4 is 20.1 Å². The third-order valence-electron chi connectivity index (χ3n) is 5.45. The molecule has 0 N–H and O–H groups in total. The first kappa shape index (κ1) is 21.3. The number of morpholine rings is 1. The van der Waals surface area contributed by atoms with E-state index in [1.165, 1.54) is 25.4 Å². The highest BCUT2D eigenvalue weighted by atomic mass is 19.4. The second-order valence-corrected chi connectivity index (χ2v) is 7.40. The standard InChI is InChI=1S/C19H21F4N5O3/c1-11-10-31-8-7-26(11)16-15(20)17(29)27-6-4-13(19(21,22)23)28(18(27)25-16)12-3-5-24-14(9-12)30-2/h3,5,9,11,13H,4,6-8,10H2,1-2H3/t11-,13+/m1/s1. The fourth-order valence-corrected chi connectivity index (χ4v) is 3.91. The van der Waals surface area contributed by atoms with Gasteiger partial charge in [0.2, 0.25) is 17.6 Å². The van der Waals surface area contributed by atoms with E-state index >= 15 is 0 Å². The van der Waals surface area contributed by atoms with Gasteiger partial charge in [-0.15, -0.1) is 0 Å². The maximum absolute atomic E-state index is 15.0. The quantitative estimate of drug-likeness (QED) is 0.675. The van der Waals surface area contributed by atoms with Gasteiger partial charge in [-0.05, 0) is 19.4 Å². The zero-order valence-electron chi connectivity index (χ0n) is 16.9. The Bertz CT molecular complexity index is 1030. The van der Waals surface area contributed by atoms with Gasteiger partial charge in [0, 0.05) is 25.4 Å². The van der Waals surface area contributed by atoms with Crippen LogP contribution in [0.5, 0.6) is 5.88 Å². The first-order valence-corrected chi connectivity index (χ1v) is 9.73. The largest absolute Gasteiger partial charge is 0.481 e. The van der Waals surface area contributed by atoms with Gasteiger partial charge in [0.15, 0.2) is 5.82 Å². The predicted octanol–water partition coefficient (Wildman–Crippen LogP) is 2.48. The summed E-state index contributed by atoms with van der Waals surface area (Å²) in [4.78, 5) is 23.4. The van der Waals surface area contributed by atoms with Crippen molar-refractivity contribution in [3.63, 3.8) is 0 Å². The van der Waals surface area contributed by atoms with Crippen molar-refractivity contribution < 1.29 is 27.0 Å². The van der Waals surface area contributed by atoms with Gasteiger partial charge in [0.05, 0.1) is 32.1 Å². The van der Waals surface area contributed by atoms with Crippen molar-refractivity contribution >= 4 is 17.5 Å². The number of aromatic nitrogens is 3. The molecule has 2 aliphatic heterocycles. The molecule has 31 heavy (non-hydrogen) atoms. The van der Waals surface area contributed by atoms with E-state index in [0.717, 1.165) is 9.47 Å². The Hall–Kier alpha value is -2.89. The molecule has 2 aromatic heterocycles. The van der Waals surface area contributed by atoms with Gasteiger partial charge in [0.25, 0.3) is 5.56 Å². The molecule has 12 heteroatoms. The van der Waals surface area contributed by atoms with E-state index in [4.69, 9.17) is 9.47 Å². The first-order chi connectivity index (χ1) is 14.7. The summed E-state index contributed by atoms with van der Waals surface area (Å²) in [5, 5.41) is 0. The van der Waals surface area contributed by atoms with Crippen molar-refractivity contribution in [3.8, 4) is 5.88 Å². The van der Waals surface area contributed by atoms with E-state index in [-0.39, 0.29) is 49.1 Å². The first-order valence-electron chi connectivity index (χ1n) is 9.73. The second-order valence-electron chi connectivity index (χ2n) is 7.40. The van der Waals surface area contributed by atoms with Crippen LogP contribution in [0.15, 0.2) is 23.1 Å². The van der Waals surface area contributed by atoms with Crippen LogP contribution in [-0.2, 0) is 11.3 Å². The molecule has 0 aromatic carbocycles. The Kier molecular flexibility index (Phi) is 5.50. The van der Waals surface area contributed by atoms with Crippen LogP contribution in [0.3, 0.4) is 0 Å². The third-order valence-corrected chi connectivity index (χ3v) is 5.45. The average Bonchev–Trinajstić information content (AvgIpc) is 2.75. The van der Waals surface area contributed by atoms with Crippen molar-refractivity contribution in [1.29, 1.82) is 0 Å². The lowest BCUT2D eigenvalue weighted by Gasteiger charge is -2.40. The molecular formula is C19H21F4N5O3. The van der Waals surface area contributed by atoms with E-state index in [0.29, 0.717) is 6.61 Å². The van der Waals surface area contributed by atoms with Crippen LogP contribution in [0.4, 0.5) is 35.0 Å². The number of methoxy groups -OCH3 is 1. The molecule has 0 amide bonds. The molecule has 2 aromatic rings. The maximum atomic E-state index is 15.0. The minimum atomic E-state index is -4.61. The number of hydrogen-bond donors (Lipinski definition) is 0. The fraction of sp³-hybridized carbons (Fsp3) is 0.526. The SMILES string of the molecule is COc1cc(N2c3nc(N4CCOC[C@H]4C)c(F)c(=O)n3CC[C@H]2C(F)(F)F)ccn1. The van der Waals surface area contributed by atoms with Crippen LogP contribution in [0, 0.1) is 5.82 Å². The summed E-state index contributed by atoms with van der Waals surface area (Å²) in [6, 6.07) is 0.436. The summed E-state index contributed by atoms with van der Waals surface area (Å²) in [5.41, 5.74) is -0.924. The summed E-state index contributed by atoms with van der Waals surface area (Å²) in [6.07, 6.45) is -3.75. The van der Waals surface area contributed by atoms with Gasteiger partial charge in [-0.25, -0.2) is 4.98 Å². The number of nitrogens with zero attached hydrogens (tertiary/aromatic N) is 5. The number of hydrogen-bond acceptors (Lipinski definition) is 7. The van der Waals surface area contributed by atoms with E-state index in [1.807, 2.05) is 0 Å². The van der Waals surface area contributed by atoms with E-state index in [9.17, 15) is 22.4 Å². The van der Waals surface area contributed by atoms with Gasteiger partial charge in [0.1, 0.15) is 6.04 Å². The van der Waals surface area contributed by atoms with Crippen molar-refractivity contribution in [3.05, 3.63) is 34.5 Å².